The Labute approximate surface area is 168 Å². The van der Waals surface area contributed by atoms with Crippen LogP contribution in [-0.2, 0) is 9.59 Å². The Balaban J connectivity index is 1.23. The molecule has 5 aliphatic rings. The molecule has 2 aromatic carbocycles. The maximum atomic E-state index is 13.1. The van der Waals surface area contributed by atoms with Crippen molar-refractivity contribution in [1.82, 2.24) is 0 Å². The SMILES string of the molecule is O=C(Oc1ccc(N2C(=O)[C@H]3[C@@H]4C=C[C@@H]([C@H]5C[C@H]45)[C@@H]3C2=O)cc1)c1ccccc1. The highest BCUT2D eigenvalue weighted by Gasteiger charge is 2.67. The second-order valence-corrected chi connectivity index (χ2v) is 8.42. The van der Waals surface area contributed by atoms with Crippen LogP contribution in [0.2, 0.25) is 0 Å². The van der Waals surface area contributed by atoms with Gasteiger partial charge in [0.1, 0.15) is 5.75 Å². The van der Waals surface area contributed by atoms with Crippen molar-refractivity contribution >= 4 is 23.5 Å². The molecule has 4 aliphatic carbocycles. The van der Waals surface area contributed by atoms with Gasteiger partial charge in [0.2, 0.25) is 11.8 Å². The zero-order valence-corrected chi connectivity index (χ0v) is 15.6. The Morgan fingerprint density at radius 2 is 1.41 bits per heavy atom. The lowest BCUT2D eigenvalue weighted by Crippen LogP contribution is -2.40. The fourth-order valence-corrected chi connectivity index (χ4v) is 5.61. The standard InChI is InChI=1S/C24H19NO4/c26-22-20-16-10-11-17(19-12-18(16)19)21(20)23(27)25(22)14-6-8-15(9-7-14)29-24(28)13-4-2-1-3-5-13/h1-11,16-21H,12H2/t16-,17+,18-,19-,20+,21+/m1/s1. The van der Waals surface area contributed by atoms with E-state index in [0.717, 1.165) is 6.42 Å². The fraction of sp³-hybridized carbons (Fsp3) is 0.292. The maximum Gasteiger partial charge on any atom is 0.343 e. The van der Waals surface area contributed by atoms with E-state index in [-0.39, 0.29) is 35.5 Å². The van der Waals surface area contributed by atoms with Crippen molar-refractivity contribution in [2.45, 2.75) is 6.42 Å². The molecule has 1 saturated heterocycles. The molecular formula is C24H19NO4. The third-order valence-electron chi connectivity index (χ3n) is 6.98. The van der Waals surface area contributed by atoms with Crippen molar-refractivity contribution in [2.75, 3.05) is 4.90 Å². The van der Waals surface area contributed by atoms with Crippen molar-refractivity contribution in [1.29, 1.82) is 0 Å². The summed E-state index contributed by atoms with van der Waals surface area (Å²) in [6.45, 7) is 0. The number of imide groups is 1. The van der Waals surface area contributed by atoms with Crippen LogP contribution in [0.15, 0.2) is 66.7 Å². The van der Waals surface area contributed by atoms with Crippen molar-refractivity contribution < 1.29 is 19.1 Å². The largest absolute Gasteiger partial charge is 0.423 e. The quantitative estimate of drug-likeness (QED) is 0.351. The molecular weight excluding hydrogens is 366 g/mol. The van der Waals surface area contributed by atoms with E-state index in [0.29, 0.717) is 28.8 Å². The Morgan fingerprint density at radius 1 is 0.828 bits per heavy atom. The molecule has 6 atom stereocenters. The normalized spacial score (nSPS) is 33.4. The number of nitrogens with zero attached hydrogens (tertiary/aromatic N) is 1. The van der Waals surface area contributed by atoms with Gasteiger partial charge >= 0.3 is 5.97 Å². The summed E-state index contributed by atoms with van der Waals surface area (Å²) in [4.78, 5) is 39.8. The molecule has 2 saturated carbocycles. The summed E-state index contributed by atoms with van der Waals surface area (Å²) < 4.78 is 5.39. The van der Waals surface area contributed by atoms with Gasteiger partial charge < -0.3 is 4.74 Å². The molecule has 144 valence electrons. The van der Waals surface area contributed by atoms with E-state index in [1.807, 2.05) is 6.07 Å². The van der Waals surface area contributed by atoms with Crippen LogP contribution in [0.5, 0.6) is 5.75 Å². The van der Waals surface area contributed by atoms with Gasteiger partial charge in [0.25, 0.3) is 0 Å². The lowest BCUT2D eigenvalue weighted by Gasteiger charge is -2.37. The number of esters is 1. The van der Waals surface area contributed by atoms with Gasteiger partial charge in [-0.25, -0.2) is 4.79 Å². The lowest BCUT2D eigenvalue weighted by molar-refractivity contribution is -0.124. The molecule has 3 fully saturated rings. The molecule has 7 rings (SSSR count). The Morgan fingerprint density at radius 3 is 2.00 bits per heavy atom. The predicted octanol–water partition coefficient (Wildman–Crippen LogP) is 3.46. The number of anilines is 1. The summed E-state index contributed by atoms with van der Waals surface area (Å²) in [6.07, 6.45) is 5.49. The molecule has 2 amide bonds. The second kappa shape index (κ2) is 5.89. The van der Waals surface area contributed by atoms with Crippen LogP contribution in [-0.4, -0.2) is 17.8 Å². The first-order valence-corrected chi connectivity index (χ1v) is 10.1. The maximum absolute atomic E-state index is 13.1. The van der Waals surface area contributed by atoms with Crippen LogP contribution < -0.4 is 9.64 Å². The molecule has 1 aliphatic heterocycles. The number of carbonyl (C=O) groups is 3. The minimum Gasteiger partial charge on any atom is -0.423 e. The average molecular weight is 385 g/mol. The molecule has 2 aromatic rings. The fourth-order valence-electron chi connectivity index (χ4n) is 5.61. The molecule has 5 heteroatoms. The highest BCUT2D eigenvalue weighted by atomic mass is 16.5. The molecule has 29 heavy (non-hydrogen) atoms. The first kappa shape index (κ1) is 16.7. The number of benzene rings is 2. The van der Waals surface area contributed by atoms with Crippen LogP contribution in [0.25, 0.3) is 0 Å². The van der Waals surface area contributed by atoms with Gasteiger partial charge in [0, 0.05) is 0 Å². The first-order chi connectivity index (χ1) is 14.1. The van der Waals surface area contributed by atoms with Gasteiger partial charge in [0.05, 0.1) is 23.1 Å². The number of ether oxygens (including phenoxy) is 1. The van der Waals surface area contributed by atoms with E-state index in [4.69, 9.17) is 4.74 Å². The van der Waals surface area contributed by atoms with Gasteiger partial charge in [-0.15, -0.1) is 0 Å². The highest BCUT2D eigenvalue weighted by molar-refractivity contribution is 6.22. The van der Waals surface area contributed by atoms with E-state index in [1.54, 1.807) is 48.5 Å². The summed E-state index contributed by atoms with van der Waals surface area (Å²) in [7, 11) is 0. The summed E-state index contributed by atoms with van der Waals surface area (Å²) in [6, 6.07) is 15.4. The number of rotatable bonds is 3. The number of hydrogen-bond acceptors (Lipinski definition) is 4. The van der Waals surface area contributed by atoms with Crippen molar-refractivity contribution in [2.24, 2.45) is 35.5 Å². The minimum atomic E-state index is -0.445. The van der Waals surface area contributed by atoms with Crippen LogP contribution in [0, 0.1) is 35.5 Å². The average Bonchev–Trinajstić information content (AvgIpc) is 3.53. The molecule has 0 N–H and O–H groups in total. The van der Waals surface area contributed by atoms with E-state index >= 15 is 0 Å². The highest BCUT2D eigenvalue weighted by Crippen LogP contribution is 2.65. The summed E-state index contributed by atoms with van der Waals surface area (Å²) >= 11 is 0. The van der Waals surface area contributed by atoms with Crippen LogP contribution in [0.1, 0.15) is 16.8 Å². The van der Waals surface area contributed by atoms with E-state index < -0.39 is 5.97 Å². The summed E-state index contributed by atoms with van der Waals surface area (Å²) in [5, 5.41) is 0. The number of amides is 2. The molecule has 5 nitrogen and oxygen atoms in total. The van der Waals surface area contributed by atoms with Crippen LogP contribution >= 0.6 is 0 Å². The lowest BCUT2D eigenvalue weighted by atomic mass is 9.63. The second-order valence-electron chi connectivity index (χ2n) is 8.42. The minimum absolute atomic E-state index is 0.0845. The molecule has 0 radical (unpaired) electrons. The zero-order chi connectivity index (χ0) is 19.7. The van der Waals surface area contributed by atoms with Crippen molar-refractivity contribution in [3.8, 4) is 5.75 Å². The van der Waals surface area contributed by atoms with Crippen LogP contribution in [0.4, 0.5) is 5.69 Å². The number of carbonyl (C=O) groups excluding carboxylic acids is 3. The van der Waals surface area contributed by atoms with Crippen molar-refractivity contribution in [3.05, 3.63) is 72.3 Å². The topological polar surface area (TPSA) is 63.7 Å². The third-order valence-corrected chi connectivity index (χ3v) is 6.98. The summed E-state index contributed by atoms with van der Waals surface area (Å²) in [5.74, 6) is 0.934. The summed E-state index contributed by atoms with van der Waals surface area (Å²) in [5.41, 5.74) is 1.01. The van der Waals surface area contributed by atoms with Crippen molar-refractivity contribution in [3.63, 3.8) is 0 Å². The molecule has 0 aromatic heterocycles. The Kier molecular flexibility index (Phi) is 3.40. The van der Waals surface area contributed by atoms with Gasteiger partial charge in [-0.2, -0.15) is 0 Å². The van der Waals surface area contributed by atoms with E-state index in [1.165, 1.54) is 4.90 Å². The van der Waals surface area contributed by atoms with Gasteiger partial charge in [-0.3, -0.25) is 14.5 Å². The molecule has 0 spiro atoms. The smallest absolute Gasteiger partial charge is 0.343 e. The number of allylic oxidation sites excluding steroid dienone is 2. The zero-order valence-electron chi connectivity index (χ0n) is 15.6. The Hall–Kier alpha value is -3.21. The van der Waals surface area contributed by atoms with E-state index in [9.17, 15) is 14.4 Å². The van der Waals surface area contributed by atoms with Crippen LogP contribution in [0.3, 0.4) is 0 Å². The number of hydrogen-bond donors (Lipinski definition) is 0. The van der Waals surface area contributed by atoms with E-state index in [2.05, 4.69) is 12.2 Å². The monoisotopic (exact) mass is 385 g/mol. The molecule has 2 bridgehead atoms. The van der Waals surface area contributed by atoms with Gasteiger partial charge in [-0.05, 0) is 66.5 Å². The molecule has 1 heterocycles. The third kappa shape index (κ3) is 2.36. The first-order valence-electron chi connectivity index (χ1n) is 10.1. The van der Waals surface area contributed by atoms with Gasteiger partial charge in [0.15, 0.2) is 0 Å². The Bertz CT molecular complexity index is 1020. The molecule has 0 unspecified atom stereocenters. The predicted molar refractivity (Wildman–Crippen MR) is 105 cm³/mol. The van der Waals surface area contributed by atoms with Gasteiger partial charge in [-0.1, -0.05) is 30.4 Å².